The van der Waals surface area contributed by atoms with E-state index < -0.39 is 0 Å². The molecule has 0 aromatic heterocycles. The van der Waals surface area contributed by atoms with E-state index in [0.717, 1.165) is 19.4 Å². The highest BCUT2D eigenvalue weighted by Gasteiger charge is 2.33. The minimum atomic E-state index is -0.230. The Labute approximate surface area is 84.9 Å². The van der Waals surface area contributed by atoms with Gasteiger partial charge in [-0.1, -0.05) is 11.0 Å². The molecule has 1 saturated heterocycles. The second-order valence-corrected chi connectivity index (χ2v) is 4.11. The number of hydrogen-bond donors (Lipinski definition) is 0. The van der Waals surface area contributed by atoms with Gasteiger partial charge in [0, 0.05) is 17.5 Å². The van der Waals surface area contributed by atoms with Gasteiger partial charge in [-0.15, -0.1) is 6.42 Å². The van der Waals surface area contributed by atoms with E-state index in [0.29, 0.717) is 12.6 Å². The summed E-state index contributed by atoms with van der Waals surface area (Å²) in [5.74, 6) is 2.78. The van der Waals surface area contributed by atoms with Crippen LogP contribution in [0.5, 0.6) is 0 Å². The van der Waals surface area contributed by atoms with Crippen molar-refractivity contribution in [3.8, 4) is 12.3 Å². The predicted molar refractivity (Wildman–Crippen MR) is 56.7 cm³/mol. The van der Waals surface area contributed by atoms with Crippen LogP contribution in [-0.2, 0) is 0 Å². The van der Waals surface area contributed by atoms with Crippen LogP contribution >= 0.6 is 0 Å². The topological polar surface area (TPSA) is 52.0 Å². The van der Waals surface area contributed by atoms with Crippen molar-refractivity contribution in [2.75, 3.05) is 13.1 Å². The number of nitrogens with zero attached hydrogens (tertiary/aromatic N) is 4. The average molecular weight is 192 g/mol. The maximum Gasteiger partial charge on any atom is 0.0768 e. The minimum absolute atomic E-state index is 0.230. The Morgan fingerprint density at radius 3 is 3.00 bits per heavy atom. The van der Waals surface area contributed by atoms with Gasteiger partial charge in [-0.2, -0.15) is 0 Å². The van der Waals surface area contributed by atoms with Crippen molar-refractivity contribution in [3.05, 3.63) is 10.4 Å². The van der Waals surface area contributed by atoms with Crippen LogP contribution in [0.25, 0.3) is 10.4 Å². The van der Waals surface area contributed by atoms with Gasteiger partial charge in [0.2, 0.25) is 0 Å². The van der Waals surface area contributed by atoms with Crippen molar-refractivity contribution >= 4 is 0 Å². The van der Waals surface area contributed by atoms with Crippen molar-refractivity contribution in [1.82, 2.24) is 4.90 Å². The zero-order valence-corrected chi connectivity index (χ0v) is 8.77. The van der Waals surface area contributed by atoms with Gasteiger partial charge < -0.3 is 0 Å². The summed E-state index contributed by atoms with van der Waals surface area (Å²) in [7, 11) is 0. The van der Waals surface area contributed by atoms with Crippen molar-refractivity contribution in [3.63, 3.8) is 0 Å². The largest absolute Gasteiger partial charge is 0.285 e. The second kappa shape index (κ2) is 4.36. The van der Waals surface area contributed by atoms with Crippen molar-refractivity contribution in [2.24, 2.45) is 5.11 Å². The van der Waals surface area contributed by atoms with E-state index in [4.69, 9.17) is 12.0 Å². The van der Waals surface area contributed by atoms with Crippen molar-refractivity contribution < 1.29 is 0 Å². The summed E-state index contributed by atoms with van der Waals surface area (Å²) in [6, 6.07) is 0.317. The summed E-state index contributed by atoms with van der Waals surface area (Å²) in [5.41, 5.74) is 8.04. The number of azide groups is 1. The lowest BCUT2D eigenvalue weighted by atomic mass is 10.0. The van der Waals surface area contributed by atoms with Gasteiger partial charge in [0.15, 0.2) is 0 Å². The van der Waals surface area contributed by atoms with Crippen LogP contribution in [0.1, 0.15) is 26.7 Å². The highest BCUT2D eigenvalue weighted by atomic mass is 15.3. The quantitative estimate of drug-likeness (QED) is 0.292. The van der Waals surface area contributed by atoms with E-state index >= 15 is 0 Å². The summed E-state index contributed by atoms with van der Waals surface area (Å²) < 4.78 is 0. The molecule has 0 aromatic carbocycles. The second-order valence-electron chi connectivity index (χ2n) is 4.11. The molecule has 1 aliphatic rings. The third-order valence-corrected chi connectivity index (χ3v) is 2.80. The van der Waals surface area contributed by atoms with Gasteiger partial charge in [-0.05, 0) is 38.8 Å². The zero-order valence-electron chi connectivity index (χ0n) is 8.77. The van der Waals surface area contributed by atoms with Crippen molar-refractivity contribution in [1.29, 1.82) is 0 Å². The smallest absolute Gasteiger partial charge is 0.0768 e. The molecule has 1 atom stereocenters. The van der Waals surface area contributed by atoms with Crippen LogP contribution in [-0.4, -0.2) is 29.6 Å². The lowest BCUT2D eigenvalue weighted by molar-refractivity contribution is 0.157. The molecule has 0 aromatic rings. The first-order valence-electron chi connectivity index (χ1n) is 4.87. The normalized spacial score (nSPS) is 22.8. The van der Waals surface area contributed by atoms with Crippen molar-refractivity contribution in [2.45, 2.75) is 38.3 Å². The highest BCUT2D eigenvalue weighted by molar-refractivity contribution is 5.11. The molecular weight excluding hydrogens is 176 g/mol. The number of terminal acetylenes is 1. The molecule has 1 fully saturated rings. The molecule has 1 unspecified atom stereocenters. The predicted octanol–water partition coefficient (Wildman–Crippen LogP) is 2.17. The molecule has 0 N–H and O–H groups in total. The van der Waals surface area contributed by atoms with Crippen LogP contribution in [0.15, 0.2) is 5.11 Å². The Bertz CT molecular complexity index is 283. The molecule has 0 spiro atoms. The van der Waals surface area contributed by atoms with E-state index in [1.165, 1.54) is 0 Å². The molecule has 0 radical (unpaired) electrons. The fourth-order valence-electron chi connectivity index (χ4n) is 1.98. The molecule has 0 saturated carbocycles. The molecule has 0 bridgehead atoms. The minimum Gasteiger partial charge on any atom is -0.285 e. The van der Waals surface area contributed by atoms with Crippen LogP contribution in [0, 0.1) is 12.3 Å². The Morgan fingerprint density at radius 1 is 1.71 bits per heavy atom. The van der Waals surface area contributed by atoms with Gasteiger partial charge in [0.05, 0.1) is 5.54 Å². The Balaban J connectivity index is 2.69. The summed E-state index contributed by atoms with van der Waals surface area (Å²) in [6.07, 6.45) is 7.69. The molecule has 4 heteroatoms. The molecule has 14 heavy (non-hydrogen) atoms. The Kier molecular flexibility index (Phi) is 3.40. The SMILES string of the molecule is C#CC(C)(C)N1CCCC1CN=[N+]=[N-]. The van der Waals surface area contributed by atoms with E-state index in [1.54, 1.807) is 0 Å². The third kappa shape index (κ3) is 2.20. The molecule has 1 heterocycles. The Hall–Kier alpha value is -1.17. The molecule has 4 nitrogen and oxygen atoms in total. The molecule has 1 rings (SSSR count). The van der Waals surface area contributed by atoms with Crippen LogP contribution in [0.4, 0.5) is 0 Å². The van der Waals surface area contributed by atoms with Gasteiger partial charge >= 0.3 is 0 Å². The molecular formula is C10H16N4. The first-order chi connectivity index (χ1) is 6.61. The van der Waals surface area contributed by atoms with Gasteiger partial charge in [0.1, 0.15) is 0 Å². The van der Waals surface area contributed by atoms with E-state index in [2.05, 4.69) is 20.8 Å². The fraction of sp³-hybridized carbons (Fsp3) is 0.800. The van der Waals surface area contributed by atoms with Crippen LogP contribution in [0.3, 0.4) is 0 Å². The molecule has 1 aliphatic heterocycles. The first-order valence-corrected chi connectivity index (χ1v) is 4.87. The number of rotatable bonds is 3. The van der Waals surface area contributed by atoms with E-state index in [-0.39, 0.29) is 5.54 Å². The lowest BCUT2D eigenvalue weighted by Gasteiger charge is -2.35. The Morgan fingerprint density at radius 2 is 2.43 bits per heavy atom. The van der Waals surface area contributed by atoms with Gasteiger partial charge in [-0.3, -0.25) is 4.90 Å². The first kappa shape index (κ1) is 10.9. The fourth-order valence-corrected chi connectivity index (χ4v) is 1.98. The number of likely N-dealkylation sites (tertiary alicyclic amines) is 1. The van der Waals surface area contributed by atoms with Gasteiger partial charge in [-0.25, -0.2) is 0 Å². The summed E-state index contributed by atoms with van der Waals surface area (Å²) in [6.45, 7) is 5.59. The van der Waals surface area contributed by atoms with E-state index in [9.17, 15) is 0 Å². The van der Waals surface area contributed by atoms with Crippen LogP contribution < -0.4 is 0 Å². The van der Waals surface area contributed by atoms with E-state index in [1.807, 2.05) is 13.8 Å². The van der Waals surface area contributed by atoms with Crippen LogP contribution in [0.2, 0.25) is 0 Å². The lowest BCUT2D eigenvalue weighted by Crippen LogP contribution is -2.46. The molecule has 0 aliphatic carbocycles. The molecule has 0 amide bonds. The highest BCUT2D eigenvalue weighted by Crippen LogP contribution is 2.26. The summed E-state index contributed by atoms with van der Waals surface area (Å²) in [5, 5.41) is 3.62. The zero-order chi connectivity index (χ0) is 10.6. The van der Waals surface area contributed by atoms with Gasteiger partial charge in [0.25, 0.3) is 0 Å². The summed E-state index contributed by atoms with van der Waals surface area (Å²) >= 11 is 0. The third-order valence-electron chi connectivity index (χ3n) is 2.80. The number of hydrogen-bond acceptors (Lipinski definition) is 2. The average Bonchev–Trinajstić information content (AvgIpc) is 2.63. The monoisotopic (exact) mass is 192 g/mol. The summed E-state index contributed by atoms with van der Waals surface area (Å²) in [4.78, 5) is 5.04. The maximum atomic E-state index is 8.27. The maximum absolute atomic E-state index is 8.27. The standard InChI is InChI=1S/C10H16N4/c1-4-10(2,3)14-7-5-6-9(14)8-12-13-11/h1,9H,5-8H2,2-3H3. The molecule has 76 valence electrons.